The van der Waals surface area contributed by atoms with Gasteiger partial charge in [-0.1, -0.05) is 50.8 Å². The Balaban J connectivity index is 0.000000561. The van der Waals surface area contributed by atoms with E-state index in [4.69, 9.17) is 5.73 Å². The fourth-order valence-electron chi connectivity index (χ4n) is 0.919. The van der Waals surface area contributed by atoms with Gasteiger partial charge in [0.05, 0.1) is 0 Å². The van der Waals surface area contributed by atoms with Gasteiger partial charge in [0, 0.05) is 6.54 Å². The monoisotopic (exact) mass is 163 g/mol. The zero-order valence-electron chi connectivity index (χ0n) is 7.88. The molecule has 0 radical (unpaired) electrons. The van der Waals surface area contributed by atoms with E-state index in [1.165, 1.54) is 0 Å². The van der Waals surface area contributed by atoms with E-state index < -0.39 is 0 Å². The summed E-state index contributed by atoms with van der Waals surface area (Å²) in [6.07, 6.45) is 1.82. The average Bonchev–Trinajstić information content (AvgIpc) is 2.20. The summed E-state index contributed by atoms with van der Waals surface area (Å²) >= 11 is 0. The Morgan fingerprint density at radius 3 is 2.33 bits per heavy atom. The molecule has 0 fully saturated rings. The lowest BCUT2D eigenvalue weighted by Gasteiger charge is -1.99. The van der Waals surface area contributed by atoms with Crippen LogP contribution >= 0.6 is 0 Å². The molecule has 0 saturated heterocycles. The van der Waals surface area contributed by atoms with E-state index in [9.17, 15) is 0 Å². The van der Waals surface area contributed by atoms with Crippen molar-refractivity contribution in [1.29, 1.82) is 0 Å². The molecule has 1 heteroatoms. The van der Waals surface area contributed by atoms with Gasteiger partial charge in [-0.25, -0.2) is 0 Å². The summed E-state index contributed by atoms with van der Waals surface area (Å²) in [4.78, 5) is 0. The summed E-state index contributed by atoms with van der Waals surface area (Å²) < 4.78 is 0. The van der Waals surface area contributed by atoms with Gasteiger partial charge in [0.25, 0.3) is 0 Å². The van der Waals surface area contributed by atoms with Crippen molar-refractivity contribution >= 4 is 6.08 Å². The Morgan fingerprint density at radius 2 is 1.92 bits per heavy atom. The summed E-state index contributed by atoms with van der Waals surface area (Å²) in [5.41, 5.74) is 7.76. The van der Waals surface area contributed by atoms with E-state index in [0.29, 0.717) is 6.54 Å². The Bertz CT molecular complexity index is 228. The highest BCUT2D eigenvalue weighted by Crippen LogP contribution is 2.07. The van der Waals surface area contributed by atoms with Gasteiger partial charge < -0.3 is 5.73 Å². The molecule has 2 N–H and O–H groups in total. The van der Waals surface area contributed by atoms with Gasteiger partial charge in [0.1, 0.15) is 0 Å². The van der Waals surface area contributed by atoms with Gasteiger partial charge in [-0.05, 0) is 11.1 Å². The Labute approximate surface area is 74.9 Å². The Kier molecular flexibility index (Phi) is 6.02. The molecule has 1 nitrogen and oxygen atoms in total. The first-order valence-corrected chi connectivity index (χ1v) is 4.29. The maximum absolute atomic E-state index is 5.48. The van der Waals surface area contributed by atoms with Crippen LogP contribution in [-0.2, 0) is 6.54 Å². The summed E-state index contributed by atoms with van der Waals surface area (Å²) in [5.74, 6) is 0. The van der Waals surface area contributed by atoms with Crippen LogP contribution in [-0.4, -0.2) is 0 Å². The molecule has 12 heavy (non-hydrogen) atoms. The minimum absolute atomic E-state index is 0.586. The van der Waals surface area contributed by atoms with Crippen LogP contribution in [0.4, 0.5) is 0 Å². The highest BCUT2D eigenvalue weighted by Gasteiger charge is 1.92. The normalized spacial score (nSPS) is 8.25. The lowest BCUT2D eigenvalue weighted by molar-refractivity contribution is 1.07. The van der Waals surface area contributed by atoms with Crippen LogP contribution in [0.5, 0.6) is 0 Å². The van der Waals surface area contributed by atoms with Gasteiger partial charge in [-0.2, -0.15) is 0 Å². The number of hydrogen-bond acceptors (Lipinski definition) is 1. The molecule has 0 spiro atoms. The van der Waals surface area contributed by atoms with Crippen LogP contribution in [0.25, 0.3) is 6.08 Å². The molecule has 0 aromatic heterocycles. The predicted molar refractivity (Wildman–Crippen MR) is 55.8 cm³/mol. The number of benzene rings is 1. The smallest absolute Gasteiger partial charge is 0.0184 e. The molecule has 0 aliphatic carbocycles. The minimum atomic E-state index is 0.586. The van der Waals surface area contributed by atoms with Crippen molar-refractivity contribution in [1.82, 2.24) is 0 Å². The lowest BCUT2D eigenvalue weighted by Crippen LogP contribution is -1.97. The fourth-order valence-corrected chi connectivity index (χ4v) is 0.919. The Morgan fingerprint density at radius 1 is 1.33 bits per heavy atom. The molecule has 0 bridgehead atoms. The van der Waals surface area contributed by atoms with E-state index in [2.05, 4.69) is 6.58 Å². The highest BCUT2D eigenvalue weighted by atomic mass is 14.5. The maximum Gasteiger partial charge on any atom is 0.0184 e. The van der Waals surface area contributed by atoms with Crippen molar-refractivity contribution < 1.29 is 0 Å². The Hall–Kier alpha value is -1.08. The molecular formula is C11H17N. The standard InChI is InChI=1S/C9H11N.C2H6/c1-2-8-5-3-4-6-9(8)7-10;1-2/h2-6H,1,7,10H2;1-2H3. The quantitative estimate of drug-likeness (QED) is 0.712. The van der Waals surface area contributed by atoms with Crippen molar-refractivity contribution in [3.63, 3.8) is 0 Å². The van der Waals surface area contributed by atoms with Gasteiger partial charge in [-0.3, -0.25) is 0 Å². The van der Waals surface area contributed by atoms with Gasteiger partial charge >= 0.3 is 0 Å². The third-order valence-electron chi connectivity index (χ3n) is 1.49. The SMILES string of the molecule is C=Cc1ccccc1CN.CC. The third-order valence-corrected chi connectivity index (χ3v) is 1.49. The predicted octanol–water partition coefficient (Wildman–Crippen LogP) is 2.81. The molecule has 0 saturated carbocycles. The van der Waals surface area contributed by atoms with E-state index in [-0.39, 0.29) is 0 Å². The summed E-state index contributed by atoms with van der Waals surface area (Å²) in [6, 6.07) is 7.98. The van der Waals surface area contributed by atoms with Crippen LogP contribution in [0.15, 0.2) is 30.8 Å². The van der Waals surface area contributed by atoms with Crippen molar-refractivity contribution in [2.45, 2.75) is 20.4 Å². The van der Waals surface area contributed by atoms with E-state index >= 15 is 0 Å². The van der Waals surface area contributed by atoms with Crippen LogP contribution in [0.2, 0.25) is 0 Å². The molecule has 1 rings (SSSR count). The lowest BCUT2D eigenvalue weighted by atomic mass is 10.1. The second kappa shape index (κ2) is 6.62. The molecule has 0 heterocycles. The molecule has 0 aliphatic rings. The summed E-state index contributed by atoms with van der Waals surface area (Å²) in [7, 11) is 0. The number of hydrogen-bond donors (Lipinski definition) is 1. The molecule has 1 aromatic rings. The van der Waals surface area contributed by atoms with Crippen LogP contribution in [0.1, 0.15) is 25.0 Å². The zero-order chi connectivity index (χ0) is 9.40. The molecule has 0 atom stereocenters. The topological polar surface area (TPSA) is 26.0 Å². The van der Waals surface area contributed by atoms with Crippen molar-refractivity contribution in [2.75, 3.05) is 0 Å². The first kappa shape index (κ1) is 10.9. The second-order valence-corrected chi connectivity index (χ2v) is 2.11. The molecule has 66 valence electrons. The highest BCUT2D eigenvalue weighted by molar-refractivity contribution is 5.51. The van der Waals surface area contributed by atoms with Gasteiger partial charge in [0.15, 0.2) is 0 Å². The molecular weight excluding hydrogens is 146 g/mol. The van der Waals surface area contributed by atoms with Crippen LogP contribution in [0.3, 0.4) is 0 Å². The molecule has 0 unspecified atom stereocenters. The minimum Gasteiger partial charge on any atom is -0.326 e. The zero-order valence-corrected chi connectivity index (χ0v) is 7.88. The van der Waals surface area contributed by atoms with Crippen LogP contribution < -0.4 is 5.73 Å². The molecule has 0 amide bonds. The largest absolute Gasteiger partial charge is 0.326 e. The summed E-state index contributed by atoms with van der Waals surface area (Å²) in [6.45, 7) is 8.27. The van der Waals surface area contributed by atoms with Gasteiger partial charge in [-0.15, -0.1) is 0 Å². The number of nitrogens with two attached hydrogens (primary N) is 1. The van der Waals surface area contributed by atoms with E-state index in [0.717, 1.165) is 11.1 Å². The summed E-state index contributed by atoms with van der Waals surface area (Å²) in [5, 5.41) is 0. The van der Waals surface area contributed by atoms with E-state index in [1.807, 2.05) is 44.2 Å². The second-order valence-electron chi connectivity index (χ2n) is 2.11. The average molecular weight is 163 g/mol. The first-order chi connectivity index (χ1) is 5.88. The van der Waals surface area contributed by atoms with Crippen molar-refractivity contribution in [3.8, 4) is 0 Å². The van der Waals surface area contributed by atoms with Crippen molar-refractivity contribution in [3.05, 3.63) is 42.0 Å². The fraction of sp³-hybridized carbons (Fsp3) is 0.273. The molecule has 0 aliphatic heterocycles. The van der Waals surface area contributed by atoms with Crippen LogP contribution in [0, 0.1) is 0 Å². The van der Waals surface area contributed by atoms with Gasteiger partial charge in [0.2, 0.25) is 0 Å². The van der Waals surface area contributed by atoms with Crippen molar-refractivity contribution in [2.24, 2.45) is 5.73 Å². The number of rotatable bonds is 2. The first-order valence-electron chi connectivity index (χ1n) is 4.29. The molecule has 1 aromatic carbocycles. The van der Waals surface area contributed by atoms with E-state index in [1.54, 1.807) is 0 Å². The maximum atomic E-state index is 5.48. The third kappa shape index (κ3) is 2.89.